The van der Waals surface area contributed by atoms with E-state index in [2.05, 4.69) is 4.74 Å². The average Bonchev–Trinajstić information content (AvgIpc) is 2.29. The van der Waals surface area contributed by atoms with E-state index in [4.69, 9.17) is 0 Å². The maximum Gasteiger partial charge on any atom is 0.762 e. The summed E-state index contributed by atoms with van der Waals surface area (Å²) in [6.07, 6.45) is -2.89. The highest BCUT2D eigenvalue weighted by Gasteiger charge is 2.79. The molecule has 0 saturated heterocycles. The smallest absolute Gasteiger partial charge is 0.445 e. The molecule has 102 valence electrons. The highest BCUT2D eigenvalue weighted by Crippen LogP contribution is 2.21. The second kappa shape index (κ2) is 5.22. The number of nitro groups is 3. The third kappa shape index (κ3) is 2.40. The molecule has 0 aliphatic heterocycles. The van der Waals surface area contributed by atoms with E-state index in [1.807, 2.05) is 0 Å². The number of aliphatic hydroxyl groups excluding tert-OH is 1. The minimum absolute atomic E-state index is 0.190. The van der Waals surface area contributed by atoms with Gasteiger partial charge in [0.2, 0.25) is 0 Å². The van der Waals surface area contributed by atoms with Crippen LogP contribution in [0.5, 0.6) is 5.75 Å². The van der Waals surface area contributed by atoms with Gasteiger partial charge in [-0.3, -0.25) is 30.3 Å². The maximum atomic E-state index is 10.6. The van der Waals surface area contributed by atoms with Crippen LogP contribution in [0.3, 0.4) is 0 Å². The number of nitrogens with zero attached hydrogens (tertiary/aromatic N) is 3. The summed E-state index contributed by atoms with van der Waals surface area (Å²) in [5, 5.41) is 41.2. The first kappa shape index (κ1) is 14.2. The Morgan fingerprint density at radius 1 is 1.00 bits per heavy atom. The van der Waals surface area contributed by atoms with Gasteiger partial charge in [0.15, 0.2) is 14.8 Å². The summed E-state index contributed by atoms with van der Waals surface area (Å²) in [5.74, 6) is -4.28. The zero-order chi connectivity index (χ0) is 14.6. The van der Waals surface area contributed by atoms with Crippen LogP contribution in [0.2, 0.25) is 0 Å². The van der Waals surface area contributed by atoms with Gasteiger partial charge in [-0.15, -0.1) is 0 Å². The van der Waals surface area contributed by atoms with Crippen molar-refractivity contribution in [3.8, 4) is 5.75 Å². The van der Waals surface area contributed by atoms with E-state index in [0.29, 0.717) is 0 Å². The van der Waals surface area contributed by atoms with Gasteiger partial charge < -0.3 is 9.84 Å². The van der Waals surface area contributed by atoms with Crippen molar-refractivity contribution in [1.29, 1.82) is 0 Å². The number of ether oxygens (including phenoxy) is 1. The number of hydrogen-bond donors (Lipinski definition) is 1. The van der Waals surface area contributed by atoms with Gasteiger partial charge in [0.1, 0.15) is 5.75 Å². The first-order chi connectivity index (χ1) is 8.83. The first-order valence-electron chi connectivity index (χ1n) is 4.66. The molecule has 0 aromatic heterocycles. The molecule has 1 atom stereocenters. The molecule has 0 bridgehead atoms. The monoisotopic (exact) mass is 273 g/mol. The lowest BCUT2D eigenvalue weighted by molar-refractivity contribution is -0.982. The van der Waals surface area contributed by atoms with Crippen molar-refractivity contribution in [3.63, 3.8) is 0 Å². The first-order valence-corrected chi connectivity index (χ1v) is 4.66. The number of hydrogen-bond acceptors (Lipinski definition) is 8. The Morgan fingerprint density at radius 2 is 1.42 bits per heavy atom. The number of para-hydroxylation sites is 1. The third-order valence-electron chi connectivity index (χ3n) is 2.13. The molecule has 11 nitrogen and oxygen atoms in total. The highest BCUT2D eigenvalue weighted by molar-refractivity contribution is 5.21. The van der Waals surface area contributed by atoms with Crippen LogP contribution in [-0.2, 0) is 0 Å². The Balaban J connectivity index is 3.15. The Hall–Kier alpha value is -2.82. The van der Waals surface area contributed by atoms with Gasteiger partial charge in [-0.25, -0.2) is 0 Å². The molecule has 0 aliphatic rings. The molecule has 0 fully saturated rings. The van der Waals surface area contributed by atoms with Crippen molar-refractivity contribution in [3.05, 3.63) is 60.7 Å². The van der Waals surface area contributed by atoms with Crippen molar-refractivity contribution in [2.24, 2.45) is 0 Å². The summed E-state index contributed by atoms with van der Waals surface area (Å²) < 4.78 is 4.49. The minimum atomic E-state index is -4.09. The normalized spacial score (nSPS) is 12.5. The fourth-order valence-corrected chi connectivity index (χ4v) is 1.18. The lowest BCUT2D eigenvalue weighted by atomic mass is 10.3. The standard InChI is InChI=1S/C8H7N3O8/c12-7(19-6-4-2-1-3-5-6)8(9(13)14,10(15)16)11(17)18/h1-5,7,12H. The Labute approximate surface area is 104 Å². The molecule has 1 unspecified atom stereocenters. The molecule has 1 aromatic rings. The average molecular weight is 273 g/mol. The van der Waals surface area contributed by atoms with Gasteiger partial charge in [0.05, 0.1) is 0 Å². The van der Waals surface area contributed by atoms with Crippen LogP contribution in [0.4, 0.5) is 0 Å². The predicted octanol–water partition coefficient (Wildman–Crippen LogP) is -0.132. The molecule has 0 radical (unpaired) electrons. The van der Waals surface area contributed by atoms with Gasteiger partial charge in [0.25, 0.3) is 0 Å². The summed E-state index contributed by atoms with van der Waals surface area (Å²) in [6.45, 7) is 0. The summed E-state index contributed by atoms with van der Waals surface area (Å²) >= 11 is 0. The number of aliphatic hydroxyl groups is 1. The van der Waals surface area contributed by atoms with Crippen LogP contribution >= 0.6 is 0 Å². The quantitative estimate of drug-likeness (QED) is 0.426. The molecule has 19 heavy (non-hydrogen) atoms. The molecule has 0 amide bonds. The minimum Gasteiger partial charge on any atom is -0.445 e. The van der Waals surface area contributed by atoms with Crippen LogP contribution in [0, 0.1) is 30.3 Å². The second-order valence-electron chi connectivity index (χ2n) is 3.24. The Morgan fingerprint density at radius 3 is 1.79 bits per heavy atom. The van der Waals surface area contributed by atoms with Crippen LogP contribution in [-0.4, -0.2) is 32.0 Å². The van der Waals surface area contributed by atoms with Crippen molar-refractivity contribution >= 4 is 0 Å². The van der Waals surface area contributed by atoms with Crippen LogP contribution in [0.25, 0.3) is 0 Å². The molecule has 11 heteroatoms. The van der Waals surface area contributed by atoms with E-state index in [1.54, 1.807) is 6.07 Å². The van der Waals surface area contributed by atoms with E-state index < -0.39 is 26.8 Å². The molecule has 0 heterocycles. The SMILES string of the molecule is O=[N+]([O-])C(C(O)Oc1ccccc1)([N+](=O)[O-])[N+](=O)[O-]. The van der Waals surface area contributed by atoms with Crippen LogP contribution in [0.15, 0.2) is 30.3 Å². The second-order valence-corrected chi connectivity index (χ2v) is 3.24. The fourth-order valence-electron chi connectivity index (χ4n) is 1.18. The zero-order valence-corrected chi connectivity index (χ0v) is 9.11. The topological polar surface area (TPSA) is 159 Å². The molecule has 0 saturated carbocycles. The summed E-state index contributed by atoms with van der Waals surface area (Å²) in [5.41, 5.74) is 0. The molecule has 0 spiro atoms. The van der Waals surface area contributed by atoms with E-state index in [1.165, 1.54) is 24.3 Å². The Kier molecular flexibility index (Phi) is 3.91. The molecule has 0 aliphatic carbocycles. The lowest BCUT2D eigenvalue weighted by Crippen LogP contribution is -2.63. The van der Waals surface area contributed by atoms with Gasteiger partial charge in [-0.1, -0.05) is 18.2 Å². The van der Waals surface area contributed by atoms with E-state index >= 15 is 0 Å². The van der Waals surface area contributed by atoms with Crippen molar-refractivity contribution in [1.82, 2.24) is 0 Å². The van der Waals surface area contributed by atoms with E-state index in [-0.39, 0.29) is 5.75 Å². The Bertz CT molecular complexity index is 468. The number of benzene rings is 1. The predicted molar refractivity (Wildman–Crippen MR) is 56.8 cm³/mol. The maximum absolute atomic E-state index is 10.6. The van der Waals surface area contributed by atoms with Gasteiger partial charge in [-0.05, 0) is 12.1 Å². The third-order valence-corrected chi connectivity index (χ3v) is 2.13. The van der Waals surface area contributed by atoms with Gasteiger partial charge in [0, 0.05) is 0 Å². The summed E-state index contributed by atoms with van der Waals surface area (Å²) in [4.78, 5) is 26.4. The summed E-state index contributed by atoms with van der Waals surface area (Å²) in [6, 6.07) is 6.80. The lowest BCUT2D eigenvalue weighted by Gasteiger charge is -2.15. The van der Waals surface area contributed by atoms with Crippen molar-refractivity contribution < 1.29 is 24.6 Å². The van der Waals surface area contributed by atoms with Crippen LogP contribution < -0.4 is 4.74 Å². The molecule has 1 aromatic carbocycles. The summed E-state index contributed by atoms with van der Waals surface area (Å²) in [7, 11) is 0. The van der Waals surface area contributed by atoms with Crippen LogP contribution in [0.1, 0.15) is 0 Å². The van der Waals surface area contributed by atoms with E-state index in [9.17, 15) is 35.4 Å². The van der Waals surface area contributed by atoms with Crippen molar-refractivity contribution in [2.75, 3.05) is 0 Å². The fraction of sp³-hybridized carbons (Fsp3) is 0.250. The molecular weight excluding hydrogens is 266 g/mol. The van der Waals surface area contributed by atoms with E-state index in [0.717, 1.165) is 0 Å². The molecular formula is C8H7N3O8. The van der Waals surface area contributed by atoms with Gasteiger partial charge >= 0.3 is 12.1 Å². The molecule has 1 rings (SSSR count). The van der Waals surface area contributed by atoms with Gasteiger partial charge in [-0.2, -0.15) is 0 Å². The molecule has 1 N–H and O–H groups in total. The number of rotatable bonds is 6. The van der Waals surface area contributed by atoms with Crippen molar-refractivity contribution in [2.45, 2.75) is 12.1 Å². The zero-order valence-electron chi connectivity index (χ0n) is 9.11. The largest absolute Gasteiger partial charge is 0.762 e. The highest BCUT2D eigenvalue weighted by atomic mass is 16.8.